The largest absolute Gasteiger partial charge is 0.478 e. The number of aliphatic carboxylic acids is 2. The van der Waals surface area contributed by atoms with Gasteiger partial charge in [0.2, 0.25) is 0 Å². The van der Waals surface area contributed by atoms with Crippen LogP contribution in [0.25, 0.3) is 0 Å². The van der Waals surface area contributed by atoms with Crippen LogP contribution in [0, 0.1) is 0 Å². The number of carboxylic acid groups (broad SMARTS) is 2. The molecule has 4 nitrogen and oxygen atoms in total. The summed E-state index contributed by atoms with van der Waals surface area (Å²) in [6.07, 6.45) is 1.12. The van der Waals surface area contributed by atoms with E-state index < -0.39 is 11.9 Å². The Balaban J connectivity index is 0. The van der Waals surface area contributed by atoms with Crippen molar-refractivity contribution in [3.8, 4) is 0 Å². The third-order valence-electron chi connectivity index (χ3n) is 0.368. The molecule has 0 aromatic carbocycles. The van der Waals surface area contributed by atoms with E-state index in [4.69, 9.17) is 10.2 Å². The molecule has 0 saturated heterocycles. The molecule has 0 aromatic rings. The van der Waals surface area contributed by atoms with Crippen molar-refractivity contribution >= 4 is 32.3 Å². The highest BCUT2D eigenvalue weighted by Crippen LogP contribution is 1.70. The van der Waals surface area contributed by atoms with Crippen molar-refractivity contribution in [2.75, 3.05) is 0 Å². The molecule has 0 rings (SSSR count). The van der Waals surface area contributed by atoms with Crippen molar-refractivity contribution in [1.82, 2.24) is 0 Å². The Morgan fingerprint density at radius 1 is 1.09 bits per heavy atom. The standard InChI is InChI=1S/C4H4O4.2CH3.Mg/c5-3(6)1-2-4(7)8;;;/h1-2H,(H,5,6)(H,7,8);2*1H3;/b2-1+;;;. The predicted octanol–water partition coefficient (Wildman–Crippen LogP) is 0.499. The van der Waals surface area contributed by atoms with Gasteiger partial charge in [-0.05, 0) is 0 Å². The Morgan fingerprint density at radius 2 is 1.27 bits per heavy atom. The molecular weight excluding hydrogens is 160 g/mol. The zero-order valence-electron chi connectivity index (χ0n) is 6.57. The summed E-state index contributed by atoms with van der Waals surface area (Å²) in [5.74, 6) is -2.51. The molecule has 0 aliphatic carbocycles. The molecule has 5 heteroatoms. The molecular formula is C6H10MgO4. The van der Waals surface area contributed by atoms with E-state index in [0.717, 1.165) is 0 Å². The van der Waals surface area contributed by atoms with Crippen molar-refractivity contribution in [3.05, 3.63) is 12.2 Å². The molecule has 0 fully saturated rings. The molecule has 0 spiro atoms. The van der Waals surface area contributed by atoms with Gasteiger partial charge in [0, 0.05) is 12.2 Å². The smallest absolute Gasteiger partial charge is 0.356 e. The summed E-state index contributed by atoms with van der Waals surface area (Å²) in [6.45, 7) is 0. The SMILES string of the molecule is O=C(O)/C=C/C(=O)O.[CH3][Mg][CH3]. The van der Waals surface area contributed by atoms with E-state index in [1.165, 1.54) is 0 Å². The van der Waals surface area contributed by atoms with E-state index in [-0.39, 0.29) is 0 Å². The molecule has 60 valence electrons. The van der Waals surface area contributed by atoms with Crippen LogP contribution in [0.2, 0.25) is 10.1 Å². The summed E-state index contributed by atoms with van der Waals surface area (Å²) in [5.41, 5.74) is 0. The fourth-order valence-corrected chi connectivity index (χ4v) is 0.143. The summed E-state index contributed by atoms with van der Waals surface area (Å²) >= 11 is 0.417. The second-order valence-corrected chi connectivity index (χ2v) is 3.13. The van der Waals surface area contributed by atoms with Crippen molar-refractivity contribution < 1.29 is 19.8 Å². The molecule has 0 aromatic heterocycles. The minimum absolute atomic E-state index is 0.417. The number of hydrogen-bond donors (Lipinski definition) is 2. The van der Waals surface area contributed by atoms with Crippen LogP contribution in [0.4, 0.5) is 0 Å². The van der Waals surface area contributed by atoms with Crippen molar-refractivity contribution in [3.63, 3.8) is 0 Å². The fourth-order valence-electron chi connectivity index (χ4n) is 0.143. The van der Waals surface area contributed by atoms with E-state index in [9.17, 15) is 9.59 Å². The van der Waals surface area contributed by atoms with Crippen LogP contribution in [0.3, 0.4) is 0 Å². The Morgan fingerprint density at radius 3 is 1.36 bits per heavy atom. The third-order valence-corrected chi connectivity index (χ3v) is 0.368. The minimum atomic E-state index is -1.26. The molecule has 2 N–H and O–H groups in total. The molecule has 0 amide bonds. The van der Waals surface area contributed by atoms with Crippen LogP contribution in [0.5, 0.6) is 0 Å². The molecule has 0 saturated carbocycles. The second kappa shape index (κ2) is 9.45. The van der Waals surface area contributed by atoms with Gasteiger partial charge in [0.15, 0.2) is 0 Å². The quantitative estimate of drug-likeness (QED) is 0.467. The Kier molecular flexibility index (Phi) is 11.2. The van der Waals surface area contributed by atoms with Gasteiger partial charge in [0.05, 0.1) is 0 Å². The van der Waals surface area contributed by atoms with Gasteiger partial charge in [-0.3, -0.25) is 0 Å². The van der Waals surface area contributed by atoms with Gasteiger partial charge in [-0.2, -0.15) is 10.1 Å². The van der Waals surface area contributed by atoms with Gasteiger partial charge in [0.1, 0.15) is 0 Å². The van der Waals surface area contributed by atoms with Gasteiger partial charge in [-0.1, -0.05) is 0 Å². The van der Waals surface area contributed by atoms with Crippen LogP contribution >= 0.6 is 0 Å². The van der Waals surface area contributed by atoms with E-state index in [1.807, 2.05) is 0 Å². The molecule has 0 heterocycles. The fraction of sp³-hybridized carbons (Fsp3) is 0.333. The van der Waals surface area contributed by atoms with Crippen molar-refractivity contribution in [2.24, 2.45) is 0 Å². The van der Waals surface area contributed by atoms with Crippen LogP contribution in [-0.2, 0) is 9.59 Å². The van der Waals surface area contributed by atoms with E-state index in [1.54, 1.807) is 0 Å². The Labute approximate surface area is 74.6 Å². The maximum absolute atomic E-state index is 9.55. The summed E-state index contributed by atoms with van der Waals surface area (Å²) in [7, 11) is 0. The normalized spacial score (nSPS) is 7.82. The van der Waals surface area contributed by atoms with Gasteiger partial charge in [-0.15, -0.1) is 0 Å². The molecule has 11 heavy (non-hydrogen) atoms. The molecule has 0 bridgehead atoms. The zero-order valence-corrected chi connectivity index (χ0v) is 7.99. The van der Waals surface area contributed by atoms with Gasteiger partial charge in [0.25, 0.3) is 0 Å². The summed E-state index contributed by atoms with van der Waals surface area (Å²) in [6, 6.07) is 0. The van der Waals surface area contributed by atoms with Gasteiger partial charge >= 0.3 is 32.3 Å². The lowest BCUT2D eigenvalue weighted by molar-refractivity contribution is -0.134. The lowest BCUT2D eigenvalue weighted by atomic mass is 10.5. The highest BCUT2D eigenvalue weighted by atomic mass is 24.5. The van der Waals surface area contributed by atoms with E-state index in [0.29, 0.717) is 32.5 Å². The molecule has 0 radical (unpaired) electrons. The average Bonchev–Trinajstić information content (AvgIpc) is 1.85. The number of rotatable bonds is 2. The van der Waals surface area contributed by atoms with Crippen LogP contribution < -0.4 is 0 Å². The lowest BCUT2D eigenvalue weighted by Gasteiger charge is -1.74. The van der Waals surface area contributed by atoms with E-state index >= 15 is 0 Å². The first-order chi connectivity index (χ1) is 5.04. The van der Waals surface area contributed by atoms with Crippen LogP contribution in [0.1, 0.15) is 0 Å². The van der Waals surface area contributed by atoms with Gasteiger partial charge < -0.3 is 10.2 Å². The highest BCUT2D eigenvalue weighted by Gasteiger charge is 1.88. The Bertz CT molecular complexity index is 137. The molecule has 0 aliphatic rings. The van der Waals surface area contributed by atoms with Gasteiger partial charge in [-0.25, -0.2) is 9.59 Å². The second-order valence-electron chi connectivity index (χ2n) is 1.72. The molecule has 0 aliphatic heterocycles. The third kappa shape index (κ3) is 26.5. The maximum atomic E-state index is 9.55. The number of carbonyl (C=O) groups is 2. The maximum Gasteiger partial charge on any atom is 0.356 e. The van der Waals surface area contributed by atoms with E-state index in [2.05, 4.69) is 10.1 Å². The average molecular weight is 170 g/mol. The number of carboxylic acids is 2. The summed E-state index contributed by atoms with van der Waals surface area (Å²) in [5, 5.41) is 20.2. The monoisotopic (exact) mass is 170 g/mol. The van der Waals surface area contributed by atoms with Crippen molar-refractivity contribution in [2.45, 2.75) is 10.1 Å². The summed E-state index contributed by atoms with van der Waals surface area (Å²) in [4.78, 5) is 19.1. The van der Waals surface area contributed by atoms with Crippen LogP contribution in [0.15, 0.2) is 12.2 Å². The molecule has 0 unspecified atom stereocenters. The zero-order chi connectivity index (χ0) is 9.28. The van der Waals surface area contributed by atoms with Crippen LogP contribution in [-0.4, -0.2) is 42.5 Å². The lowest BCUT2D eigenvalue weighted by Crippen LogP contribution is -1.91. The summed E-state index contributed by atoms with van der Waals surface area (Å²) < 4.78 is 0. The highest BCUT2D eigenvalue weighted by molar-refractivity contribution is 6.31. The Hall–Kier alpha value is -0.554. The first-order valence-electron chi connectivity index (χ1n) is 3.18. The minimum Gasteiger partial charge on any atom is -0.478 e. The first-order valence-corrected chi connectivity index (χ1v) is 6.01. The predicted molar refractivity (Wildman–Crippen MR) is 41.9 cm³/mol. The molecule has 0 atom stereocenters. The topological polar surface area (TPSA) is 74.6 Å². The first kappa shape index (κ1) is 13.1. The number of hydrogen-bond acceptors (Lipinski definition) is 2. The van der Waals surface area contributed by atoms with Crippen molar-refractivity contribution in [1.29, 1.82) is 0 Å².